The molecule has 0 fully saturated rings. The van der Waals surface area contributed by atoms with Crippen LogP contribution < -0.4 is 0 Å². The van der Waals surface area contributed by atoms with Crippen molar-refractivity contribution >= 4 is 34.1 Å². The average Bonchev–Trinajstić information content (AvgIpc) is 2.80. The van der Waals surface area contributed by atoms with Crippen LogP contribution in [0.5, 0.6) is 0 Å². The Balaban J connectivity index is 2.11. The molecule has 1 unspecified atom stereocenters. The van der Waals surface area contributed by atoms with Crippen LogP contribution >= 0.6 is 23.2 Å². The highest BCUT2D eigenvalue weighted by Crippen LogP contribution is 2.39. The van der Waals surface area contributed by atoms with E-state index in [9.17, 15) is 0 Å². The molecule has 2 heterocycles. The lowest BCUT2D eigenvalue weighted by Crippen LogP contribution is -2.17. The molecular formula is C14H15Cl2NO2. The van der Waals surface area contributed by atoms with Crippen molar-refractivity contribution in [3.8, 4) is 0 Å². The number of aromatic nitrogens is 1. The number of methoxy groups -OCH3 is 1. The summed E-state index contributed by atoms with van der Waals surface area (Å²) < 4.78 is 11.0. The maximum atomic E-state index is 6.34. The van der Waals surface area contributed by atoms with Gasteiger partial charge in [-0.05, 0) is 24.1 Å². The Morgan fingerprint density at radius 1 is 1.42 bits per heavy atom. The minimum absolute atomic E-state index is 0.0472. The topological polar surface area (TPSA) is 34.2 Å². The van der Waals surface area contributed by atoms with E-state index in [2.05, 4.69) is 4.98 Å². The highest BCUT2D eigenvalue weighted by Gasteiger charge is 2.26. The number of rotatable bonds is 3. The van der Waals surface area contributed by atoms with Gasteiger partial charge in [0, 0.05) is 36.7 Å². The zero-order valence-corrected chi connectivity index (χ0v) is 12.1. The molecule has 102 valence electrons. The van der Waals surface area contributed by atoms with Crippen molar-refractivity contribution in [2.24, 2.45) is 0 Å². The van der Waals surface area contributed by atoms with Crippen LogP contribution in [0.2, 0.25) is 10.0 Å². The van der Waals surface area contributed by atoms with Gasteiger partial charge in [0.25, 0.3) is 0 Å². The van der Waals surface area contributed by atoms with Crippen molar-refractivity contribution in [1.82, 2.24) is 4.98 Å². The fourth-order valence-electron chi connectivity index (χ4n) is 2.68. The minimum atomic E-state index is 0.0472. The molecule has 1 aliphatic rings. The van der Waals surface area contributed by atoms with Gasteiger partial charge in [-0.2, -0.15) is 0 Å². The van der Waals surface area contributed by atoms with Crippen molar-refractivity contribution in [3.63, 3.8) is 0 Å². The van der Waals surface area contributed by atoms with Gasteiger partial charge in [-0.1, -0.05) is 23.2 Å². The van der Waals surface area contributed by atoms with Gasteiger partial charge in [0.05, 0.1) is 22.8 Å². The summed E-state index contributed by atoms with van der Waals surface area (Å²) >= 11 is 12.4. The fourth-order valence-corrected chi connectivity index (χ4v) is 3.12. The maximum absolute atomic E-state index is 6.34. The Labute approximate surface area is 121 Å². The molecule has 1 aromatic carbocycles. The van der Waals surface area contributed by atoms with Gasteiger partial charge in [0.1, 0.15) is 0 Å². The van der Waals surface area contributed by atoms with Gasteiger partial charge < -0.3 is 14.5 Å². The molecule has 5 heteroatoms. The third-order valence-corrected chi connectivity index (χ3v) is 4.37. The SMILES string of the molecule is COCCC1OCCc2c1[nH]c1ccc(Cl)c(Cl)c21. The average molecular weight is 300 g/mol. The second-order valence-electron chi connectivity index (χ2n) is 4.69. The van der Waals surface area contributed by atoms with E-state index < -0.39 is 0 Å². The number of H-pyrrole nitrogens is 1. The van der Waals surface area contributed by atoms with Crippen LogP contribution in [0.4, 0.5) is 0 Å². The Kier molecular flexibility index (Phi) is 3.72. The van der Waals surface area contributed by atoms with Crippen molar-refractivity contribution in [2.45, 2.75) is 18.9 Å². The van der Waals surface area contributed by atoms with E-state index in [4.69, 9.17) is 32.7 Å². The summed E-state index contributed by atoms with van der Waals surface area (Å²) in [6.45, 7) is 1.38. The first-order valence-electron chi connectivity index (χ1n) is 6.31. The van der Waals surface area contributed by atoms with E-state index in [0.717, 1.165) is 29.4 Å². The Bertz CT molecular complexity index is 609. The van der Waals surface area contributed by atoms with Crippen molar-refractivity contribution in [3.05, 3.63) is 33.4 Å². The molecule has 19 heavy (non-hydrogen) atoms. The quantitative estimate of drug-likeness (QED) is 0.925. The van der Waals surface area contributed by atoms with Crippen molar-refractivity contribution in [2.75, 3.05) is 20.3 Å². The van der Waals surface area contributed by atoms with Crippen molar-refractivity contribution in [1.29, 1.82) is 0 Å². The second-order valence-corrected chi connectivity index (χ2v) is 5.48. The molecule has 0 bridgehead atoms. The smallest absolute Gasteiger partial charge is 0.0997 e. The van der Waals surface area contributed by atoms with Crippen LogP contribution in [0.3, 0.4) is 0 Å². The summed E-state index contributed by atoms with van der Waals surface area (Å²) in [6.07, 6.45) is 1.74. The number of benzene rings is 1. The molecule has 0 spiro atoms. The van der Waals surface area contributed by atoms with Crippen LogP contribution in [-0.4, -0.2) is 25.3 Å². The Morgan fingerprint density at radius 3 is 3.05 bits per heavy atom. The standard InChI is InChI=1S/C14H15Cl2NO2/c1-18-6-5-11-14-8(4-7-19-11)12-10(17-14)3-2-9(15)13(12)16/h2-3,11,17H,4-7H2,1H3. The number of hydrogen-bond donors (Lipinski definition) is 1. The highest BCUT2D eigenvalue weighted by atomic mass is 35.5. The number of hydrogen-bond acceptors (Lipinski definition) is 2. The van der Waals surface area contributed by atoms with E-state index in [1.807, 2.05) is 12.1 Å². The molecule has 0 aliphatic carbocycles. The maximum Gasteiger partial charge on any atom is 0.0997 e. The van der Waals surface area contributed by atoms with Gasteiger partial charge in [-0.3, -0.25) is 0 Å². The third-order valence-electron chi connectivity index (χ3n) is 3.57. The van der Waals surface area contributed by atoms with Crippen LogP contribution in [-0.2, 0) is 15.9 Å². The van der Waals surface area contributed by atoms with E-state index >= 15 is 0 Å². The number of halogens is 2. The van der Waals surface area contributed by atoms with Gasteiger partial charge in [-0.15, -0.1) is 0 Å². The molecule has 0 amide bonds. The normalized spacial score (nSPS) is 18.8. The lowest BCUT2D eigenvalue weighted by Gasteiger charge is -2.23. The first-order valence-corrected chi connectivity index (χ1v) is 7.07. The first-order chi connectivity index (χ1) is 9.22. The molecule has 0 radical (unpaired) electrons. The summed E-state index contributed by atoms with van der Waals surface area (Å²) in [5, 5.41) is 2.26. The summed E-state index contributed by atoms with van der Waals surface area (Å²) in [7, 11) is 1.70. The lowest BCUT2D eigenvalue weighted by atomic mass is 10.0. The fraction of sp³-hybridized carbons (Fsp3) is 0.429. The predicted octanol–water partition coefficient (Wildman–Crippen LogP) is 4.13. The molecule has 0 saturated heterocycles. The number of aromatic amines is 1. The van der Waals surface area contributed by atoms with E-state index in [0.29, 0.717) is 23.3 Å². The van der Waals surface area contributed by atoms with Gasteiger partial charge >= 0.3 is 0 Å². The Morgan fingerprint density at radius 2 is 2.26 bits per heavy atom. The largest absolute Gasteiger partial charge is 0.385 e. The minimum Gasteiger partial charge on any atom is -0.385 e. The number of nitrogens with one attached hydrogen (secondary N) is 1. The summed E-state index contributed by atoms with van der Waals surface area (Å²) in [6, 6.07) is 3.79. The molecule has 1 aromatic heterocycles. The first kappa shape index (κ1) is 13.3. The van der Waals surface area contributed by atoms with E-state index in [1.165, 1.54) is 5.56 Å². The van der Waals surface area contributed by atoms with Crippen LogP contribution in [0.1, 0.15) is 23.8 Å². The molecule has 1 N–H and O–H groups in total. The van der Waals surface area contributed by atoms with Crippen LogP contribution in [0.15, 0.2) is 12.1 Å². The van der Waals surface area contributed by atoms with E-state index in [-0.39, 0.29) is 6.10 Å². The molecular weight excluding hydrogens is 285 g/mol. The van der Waals surface area contributed by atoms with Crippen LogP contribution in [0, 0.1) is 0 Å². The molecule has 1 aliphatic heterocycles. The highest BCUT2D eigenvalue weighted by molar-refractivity contribution is 6.45. The summed E-state index contributed by atoms with van der Waals surface area (Å²) in [5.74, 6) is 0. The third kappa shape index (κ3) is 2.25. The second kappa shape index (κ2) is 5.33. The summed E-state index contributed by atoms with van der Waals surface area (Å²) in [5.41, 5.74) is 3.37. The molecule has 2 aromatic rings. The lowest BCUT2D eigenvalue weighted by molar-refractivity contribution is 0.0175. The van der Waals surface area contributed by atoms with Gasteiger partial charge in [0.15, 0.2) is 0 Å². The molecule has 1 atom stereocenters. The Hall–Kier alpha value is -0.740. The number of fused-ring (bicyclic) bond motifs is 3. The number of ether oxygens (including phenoxy) is 2. The summed E-state index contributed by atoms with van der Waals surface area (Å²) in [4.78, 5) is 3.42. The molecule has 0 saturated carbocycles. The molecule has 3 rings (SSSR count). The monoisotopic (exact) mass is 299 g/mol. The van der Waals surface area contributed by atoms with Gasteiger partial charge in [-0.25, -0.2) is 0 Å². The van der Waals surface area contributed by atoms with Crippen LogP contribution in [0.25, 0.3) is 10.9 Å². The molecule has 3 nitrogen and oxygen atoms in total. The van der Waals surface area contributed by atoms with E-state index in [1.54, 1.807) is 7.11 Å². The van der Waals surface area contributed by atoms with Crippen molar-refractivity contribution < 1.29 is 9.47 Å². The zero-order chi connectivity index (χ0) is 13.4. The van der Waals surface area contributed by atoms with Gasteiger partial charge in [0.2, 0.25) is 0 Å². The predicted molar refractivity (Wildman–Crippen MR) is 77.2 cm³/mol. The zero-order valence-electron chi connectivity index (χ0n) is 10.6.